The summed E-state index contributed by atoms with van der Waals surface area (Å²) >= 11 is 0. The number of β-amino-alcohol motifs (C(OH)–C–C–N with tert-alkyl or cyclic N) is 1. The molecule has 1 N–H and O–H groups in total. The molecule has 0 aliphatic carbocycles. The van der Waals surface area contributed by atoms with Crippen LogP contribution in [0.3, 0.4) is 0 Å². The smallest absolute Gasteiger partial charge is 0.142 e. The molecule has 0 saturated carbocycles. The Morgan fingerprint density at radius 2 is 1.90 bits per heavy atom. The fourth-order valence-electron chi connectivity index (χ4n) is 2.68. The molecule has 0 radical (unpaired) electrons. The standard InChI is InChI=1S/C15H16FN3O/c16-12-4-2-11(3-5-12)14-8-13(20)9-19(14)10-15-17-6-1-7-18-15/h1-7,13-14,20H,8-10H2/t13-,14-/m1/s1. The summed E-state index contributed by atoms with van der Waals surface area (Å²) in [6.07, 6.45) is 3.70. The summed E-state index contributed by atoms with van der Waals surface area (Å²) in [7, 11) is 0. The lowest BCUT2D eigenvalue weighted by Gasteiger charge is -2.23. The van der Waals surface area contributed by atoms with E-state index in [1.165, 1.54) is 12.1 Å². The summed E-state index contributed by atoms with van der Waals surface area (Å²) in [5, 5.41) is 9.91. The molecule has 3 rings (SSSR count). The second-order valence-corrected chi connectivity index (χ2v) is 5.05. The Morgan fingerprint density at radius 3 is 2.60 bits per heavy atom. The Labute approximate surface area is 116 Å². The molecular formula is C15H16FN3O. The van der Waals surface area contributed by atoms with Crippen LogP contribution in [-0.2, 0) is 6.54 Å². The van der Waals surface area contributed by atoms with Crippen molar-refractivity contribution < 1.29 is 9.50 Å². The van der Waals surface area contributed by atoms with Gasteiger partial charge in [0.05, 0.1) is 12.6 Å². The van der Waals surface area contributed by atoms with Crippen LogP contribution in [0.15, 0.2) is 42.7 Å². The molecule has 1 fully saturated rings. The second kappa shape index (κ2) is 5.64. The highest BCUT2D eigenvalue weighted by Gasteiger charge is 2.32. The molecule has 1 aromatic heterocycles. The van der Waals surface area contributed by atoms with Crippen molar-refractivity contribution in [1.29, 1.82) is 0 Å². The van der Waals surface area contributed by atoms with E-state index in [2.05, 4.69) is 14.9 Å². The van der Waals surface area contributed by atoms with Gasteiger partial charge in [0.25, 0.3) is 0 Å². The number of rotatable bonds is 3. The number of aliphatic hydroxyl groups is 1. The third-order valence-electron chi connectivity index (χ3n) is 3.60. The van der Waals surface area contributed by atoms with Crippen molar-refractivity contribution in [3.05, 3.63) is 59.9 Å². The van der Waals surface area contributed by atoms with Gasteiger partial charge in [-0.25, -0.2) is 14.4 Å². The van der Waals surface area contributed by atoms with Gasteiger partial charge in [0.2, 0.25) is 0 Å². The van der Waals surface area contributed by atoms with Gasteiger partial charge in [0.15, 0.2) is 0 Å². The van der Waals surface area contributed by atoms with Gasteiger partial charge >= 0.3 is 0 Å². The molecule has 2 aromatic rings. The van der Waals surface area contributed by atoms with Gasteiger partial charge in [-0.1, -0.05) is 12.1 Å². The van der Waals surface area contributed by atoms with Gasteiger partial charge < -0.3 is 5.11 Å². The third-order valence-corrected chi connectivity index (χ3v) is 3.60. The Balaban J connectivity index is 1.80. The summed E-state index contributed by atoms with van der Waals surface area (Å²) in [6, 6.07) is 8.32. The molecule has 1 aliphatic heterocycles. The fourth-order valence-corrected chi connectivity index (χ4v) is 2.68. The van der Waals surface area contributed by atoms with Crippen LogP contribution in [0.1, 0.15) is 23.9 Å². The van der Waals surface area contributed by atoms with E-state index in [4.69, 9.17) is 0 Å². The number of likely N-dealkylation sites (tertiary alicyclic amines) is 1. The predicted octanol–water partition coefficient (Wildman–Crippen LogP) is 1.92. The highest BCUT2D eigenvalue weighted by atomic mass is 19.1. The first-order valence-electron chi connectivity index (χ1n) is 6.66. The monoisotopic (exact) mass is 273 g/mol. The molecule has 1 aromatic carbocycles. The summed E-state index contributed by atoms with van der Waals surface area (Å²) in [4.78, 5) is 10.6. The topological polar surface area (TPSA) is 49.2 Å². The minimum atomic E-state index is -0.367. The SMILES string of the molecule is O[C@@H]1C[C@H](c2ccc(F)cc2)N(Cc2ncccn2)C1. The Hall–Kier alpha value is -1.85. The molecule has 0 amide bonds. The van der Waals surface area contributed by atoms with E-state index in [-0.39, 0.29) is 18.0 Å². The number of hydrogen-bond acceptors (Lipinski definition) is 4. The first kappa shape index (κ1) is 13.1. The van der Waals surface area contributed by atoms with Crippen molar-refractivity contribution in [1.82, 2.24) is 14.9 Å². The lowest BCUT2D eigenvalue weighted by Crippen LogP contribution is -2.25. The molecule has 0 unspecified atom stereocenters. The van der Waals surface area contributed by atoms with E-state index >= 15 is 0 Å². The number of halogens is 1. The van der Waals surface area contributed by atoms with Gasteiger partial charge in [-0.05, 0) is 30.2 Å². The molecule has 20 heavy (non-hydrogen) atoms. The zero-order chi connectivity index (χ0) is 13.9. The van der Waals surface area contributed by atoms with Gasteiger partial charge in [0.1, 0.15) is 11.6 Å². The van der Waals surface area contributed by atoms with Crippen LogP contribution >= 0.6 is 0 Å². The van der Waals surface area contributed by atoms with Crippen molar-refractivity contribution in [2.45, 2.75) is 25.1 Å². The largest absolute Gasteiger partial charge is 0.392 e. The van der Waals surface area contributed by atoms with E-state index in [1.54, 1.807) is 30.6 Å². The first-order valence-corrected chi connectivity index (χ1v) is 6.66. The maximum Gasteiger partial charge on any atom is 0.142 e. The summed E-state index contributed by atoms with van der Waals surface area (Å²) in [6.45, 7) is 1.17. The highest BCUT2D eigenvalue weighted by molar-refractivity contribution is 5.21. The number of aliphatic hydroxyl groups excluding tert-OH is 1. The molecule has 1 saturated heterocycles. The first-order chi connectivity index (χ1) is 9.72. The quantitative estimate of drug-likeness (QED) is 0.928. The molecule has 4 nitrogen and oxygen atoms in total. The van der Waals surface area contributed by atoms with E-state index in [9.17, 15) is 9.50 Å². The van der Waals surface area contributed by atoms with Crippen LogP contribution in [0, 0.1) is 5.82 Å². The normalized spacial score (nSPS) is 23.1. The van der Waals surface area contributed by atoms with Crippen LogP contribution in [0.2, 0.25) is 0 Å². The van der Waals surface area contributed by atoms with Crippen LogP contribution < -0.4 is 0 Å². The molecule has 1 aliphatic rings. The lowest BCUT2D eigenvalue weighted by molar-refractivity contribution is 0.171. The van der Waals surface area contributed by atoms with Crippen molar-refractivity contribution in [3.63, 3.8) is 0 Å². The van der Waals surface area contributed by atoms with E-state index in [0.717, 1.165) is 11.4 Å². The van der Waals surface area contributed by atoms with Crippen molar-refractivity contribution in [2.24, 2.45) is 0 Å². The minimum Gasteiger partial charge on any atom is -0.392 e. The maximum atomic E-state index is 13.0. The Kier molecular flexibility index (Phi) is 3.71. The molecular weight excluding hydrogens is 257 g/mol. The summed E-state index contributed by atoms with van der Waals surface area (Å²) < 4.78 is 13.0. The molecule has 5 heteroatoms. The number of hydrogen-bond donors (Lipinski definition) is 1. The highest BCUT2D eigenvalue weighted by Crippen LogP contribution is 2.32. The summed E-state index contributed by atoms with van der Waals surface area (Å²) in [5.74, 6) is 0.485. The molecule has 0 spiro atoms. The molecule has 0 bridgehead atoms. The average molecular weight is 273 g/mol. The van der Waals surface area contributed by atoms with E-state index < -0.39 is 0 Å². The van der Waals surface area contributed by atoms with Gasteiger partial charge in [-0.2, -0.15) is 0 Å². The zero-order valence-corrected chi connectivity index (χ0v) is 11.0. The fraction of sp³-hybridized carbons (Fsp3) is 0.333. The Morgan fingerprint density at radius 1 is 1.20 bits per heavy atom. The molecule has 2 heterocycles. The van der Waals surface area contributed by atoms with Crippen LogP contribution in [-0.4, -0.2) is 32.6 Å². The van der Waals surface area contributed by atoms with Crippen LogP contribution in [0.4, 0.5) is 4.39 Å². The van der Waals surface area contributed by atoms with Crippen molar-refractivity contribution in [2.75, 3.05) is 6.54 Å². The van der Waals surface area contributed by atoms with Gasteiger partial charge in [0, 0.05) is 25.0 Å². The number of benzene rings is 1. The Bertz CT molecular complexity index is 561. The molecule has 104 valence electrons. The predicted molar refractivity (Wildman–Crippen MR) is 72.2 cm³/mol. The number of nitrogens with zero attached hydrogens (tertiary/aromatic N) is 3. The number of aromatic nitrogens is 2. The lowest BCUT2D eigenvalue weighted by atomic mass is 10.0. The van der Waals surface area contributed by atoms with E-state index in [1.807, 2.05) is 0 Å². The van der Waals surface area contributed by atoms with Crippen LogP contribution in [0.5, 0.6) is 0 Å². The van der Waals surface area contributed by atoms with Gasteiger partial charge in [-0.3, -0.25) is 4.90 Å². The third kappa shape index (κ3) is 2.84. The molecule has 2 atom stereocenters. The average Bonchev–Trinajstić information content (AvgIpc) is 2.81. The zero-order valence-electron chi connectivity index (χ0n) is 11.0. The van der Waals surface area contributed by atoms with Crippen molar-refractivity contribution in [3.8, 4) is 0 Å². The van der Waals surface area contributed by atoms with Crippen LogP contribution in [0.25, 0.3) is 0 Å². The van der Waals surface area contributed by atoms with Crippen molar-refractivity contribution >= 4 is 0 Å². The van der Waals surface area contributed by atoms with E-state index in [0.29, 0.717) is 19.5 Å². The summed E-state index contributed by atoms with van der Waals surface area (Å²) in [5.41, 5.74) is 1.01. The van der Waals surface area contributed by atoms with Gasteiger partial charge in [-0.15, -0.1) is 0 Å². The maximum absolute atomic E-state index is 13.0. The second-order valence-electron chi connectivity index (χ2n) is 5.05. The minimum absolute atomic E-state index is 0.0782.